The van der Waals surface area contributed by atoms with Gasteiger partial charge in [-0.15, -0.1) is 0 Å². The van der Waals surface area contributed by atoms with Crippen molar-refractivity contribution in [3.05, 3.63) is 35.9 Å². The number of hydrogen-bond donors (Lipinski definition) is 1. The highest BCUT2D eigenvalue weighted by Gasteiger charge is 2.70. The summed E-state index contributed by atoms with van der Waals surface area (Å²) in [6.45, 7) is 6.38. The molecule has 6 fully saturated rings. The van der Waals surface area contributed by atoms with Gasteiger partial charge in [0, 0.05) is 43.8 Å². The Morgan fingerprint density at radius 3 is 2.28 bits per heavy atom. The van der Waals surface area contributed by atoms with Crippen molar-refractivity contribution in [2.75, 3.05) is 13.1 Å². The first kappa shape index (κ1) is 23.7. The molecule has 1 aromatic rings. The Kier molecular flexibility index (Phi) is 5.07. The average Bonchev–Trinajstić information content (AvgIpc) is 3.21. The van der Waals surface area contributed by atoms with Gasteiger partial charge in [0.2, 0.25) is 11.8 Å². The molecule has 3 atom stereocenters. The van der Waals surface area contributed by atoms with Crippen LogP contribution >= 0.6 is 0 Å². The molecule has 4 saturated carbocycles. The minimum atomic E-state index is -1.10. The van der Waals surface area contributed by atoms with E-state index in [0.29, 0.717) is 45.2 Å². The van der Waals surface area contributed by atoms with Crippen molar-refractivity contribution in [1.29, 1.82) is 0 Å². The molecule has 7 nitrogen and oxygen atoms in total. The molecular formula is C28H36FN3O4. The number of carbonyl (C=O) groups excluding carboxylic acids is 3. The number of nitrogens with one attached hydrogen (secondary N) is 1. The molecule has 1 aromatic carbocycles. The zero-order valence-electron chi connectivity index (χ0n) is 21.4. The van der Waals surface area contributed by atoms with Crippen LogP contribution in [0.4, 0.5) is 9.18 Å². The minimum absolute atomic E-state index is 0.00654. The highest BCUT2D eigenvalue weighted by Crippen LogP contribution is 2.63. The van der Waals surface area contributed by atoms with Gasteiger partial charge in [-0.1, -0.05) is 30.3 Å². The molecule has 194 valence electrons. The van der Waals surface area contributed by atoms with Gasteiger partial charge >= 0.3 is 6.09 Å². The topological polar surface area (TPSA) is 79.0 Å². The monoisotopic (exact) mass is 497 g/mol. The maximum Gasteiger partial charge on any atom is 0.410 e. The molecule has 2 heterocycles. The van der Waals surface area contributed by atoms with E-state index in [1.54, 1.807) is 9.80 Å². The first-order chi connectivity index (χ1) is 16.9. The van der Waals surface area contributed by atoms with Crippen LogP contribution in [0.25, 0.3) is 0 Å². The molecule has 36 heavy (non-hydrogen) atoms. The third-order valence-corrected chi connectivity index (χ3v) is 8.89. The lowest BCUT2D eigenvalue weighted by Crippen LogP contribution is -2.77. The van der Waals surface area contributed by atoms with Crippen LogP contribution in [0.3, 0.4) is 0 Å². The summed E-state index contributed by atoms with van der Waals surface area (Å²) in [6, 6.07) is 8.68. The third-order valence-electron chi connectivity index (χ3n) is 8.89. The number of carbonyl (C=O) groups is 3. The summed E-state index contributed by atoms with van der Waals surface area (Å²) < 4.78 is 19.7. The van der Waals surface area contributed by atoms with Crippen molar-refractivity contribution in [1.82, 2.24) is 15.1 Å². The molecule has 1 N–H and O–H groups in total. The van der Waals surface area contributed by atoms with Crippen molar-refractivity contribution >= 4 is 17.9 Å². The van der Waals surface area contributed by atoms with Gasteiger partial charge < -0.3 is 15.0 Å². The molecule has 8 heteroatoms. The van der Waals surface area contributed by atoms with Crippen LogP contribution in [-0.4, -0.2) is 69.7 Å². The number of rotatable bonds is 4. The normalized spacial score (nSPS) is 35.7. The van der Waals surface area contributed by atoms with E-state index in [1.165, 1.54) is 0 Å². The van der Waals surface area contributed by atoms with E-state index in [0.717, 1.165) is 18.4 Å². The summed E-state index contributed by atoms with van der Waals surface area (Å²) in [5, 5.41) is 3.09. The standard InChI is InChI=1S/C28H36FN3O4/c1-25(2,3)36-24(35)31-13-19(18-7-5-4-6-8-18)11-20(31)23(34)32-17-26(9-10-26)12-21(32)22(33)30-28-14-27(29,15-28)16-28/h4-8,19-21H,9-17H2,1-3H3,(H,30,33)/t19-,20-,21-,27?,28?/m1/s1. The maximum absolute atomic E-state index is 14.1. The number of amides is 3. The van der Waals surface area contributed by atoms with E-state index in [2.05, 4.69) is 5.32 Å². The van der Waals surface area contributed by atoms with Crippen LogP contribution < -0.4 is 5.32 Å². The van der Waals surface area contributed by atoms with Crippen LogP contribution in [0.5, 0.6) is 0 Å². The zero-order chi connectivity index (χ0) is 25.5. The van der Waals surface area contributed by atoms with Crippen molar-refractivity contribution in [2.24, 2.45) is 5.41 Å². The summed E-state index contributed by atoms with van der Waals surface area (Å²) in [5.74, 6) is -0.336. The number of hydrogen-bond acceptors (Lipinski definition) is 4. The van der Waals surface area contributed by atoms with E-state index in [9.17, 15) is 18.8 Å². The van der Waals surface area contributed by atoms with Crippen LogP contribution in [0.1, 0.15) is 77.2 Å². The van der Waals surface area contributed by atoms with Gasteiger partial charge in [-0.25, -0.2) is 9.18 Å². The number of likely N-dealkylation sites (tertiary alicyclic amines) is 2. The van der Waals surface area contributed by atoms with Crippen LogP contribution in [0.2, 0.25) is 0 Å². The predicted octanol–water partition coefficient (Wildman–Crippen LogP) is 3.92. The van der Waals surface area contributed by atoms with Gasteiger partial charge in [0.25, 0.3) is 0 Å². The van der Waals surface area contributed by atoms with Gasteiger partial charge in [-0.2, -0.15) is 0 Å². The molecule has 0 aromatic heterocycles. The number of benzene rings is 1. The Hall–Kier alpha value is -2.64. The fraction of sp³-hybridized carbons (Fsp3) is 0.679. The van der Waals surface area contributed by atoms with E-state index in [4.69, 9.17) is 4.74 Å². The zero-order valence-corrected chi connectivity index (χ0v) is 21.4. The van der Waals surface area contributed by atoms with Crippen molar-refractivity contribution < 1.29 is 23.5 Å². The molecule has 2 saturated heterocycles. The predicted molar refractivity (Wildman–Crippen MR) is 131 cm³/mol. The van der Waals surface area contributed by atoms with Crippen molar-refractivity contribution in [3.63, 3.8) is 0 Å². The molecule has 0 unspecified atom stereocenters. The molecule has 2 aliphatic heterocycles. The highest BCUT2D eigenvalue weighted by atomic mass is 19.1. The molecule has 0 radical (unpaired) electrons. The van der Waals surface area contributed by atoms with E-state index < -0.39 is 35.0 Å². The van der Waals surface area contributed by atoms with Crippen LogP contribution in [0.15, 0.2) is 30.3 Å². The quantitative estimate of drug-likeness (QED) is 0.684. The van der Waals surface area contributed by atoms with Gasteiger partial charge in [0.1, 0.15) is 23.4 Å². The molecular weight excluding hydrogens is 461 g/mol. The molecule has 4 aliphatic carbocycles. The number of alkyl halides is 1. The lowest BCUT2D eigenvalue weighted by Gasteiger charge is -2.65. The summed E-state index contributed by atoms with van der Waals surface area (Å²) in [4.78, 5) is 44.0. The van der Waals surface area contributed by atoms with E-state index in [1.807, 2.05) is 51.1 Å². The highest BCUT2D eigenvalue weighted by molar-refractivity contribution is 5.93. The van der Waals surface area contributed by atoms with E-state index in [-0.39, 0.29) is 23.1 Å². The molecule has 7 rings (SSSR count). The van der Waals surface area contributed by atoms with Gasteiger partial charge in [-0.3, -0.25) is 14.5 Å². The maximum atomic E-state index is 14.1. The number of ether oxygens (including phenoxy) is 1. The third kappa shape index (κ3) is 4.06. The van der Waals surface area contributed by atoms with E-state index >= 15 is 0 Å². The number of nitrogens with zero attached hydrogens (tertiary/aromatic N) is 2. The first-order valence-corrected chi connectivity index (χ1v) is 13.3. The SMILES string of the molecule is CC(C)(C)OC(=O)N1C[C@H](c2ccccc2)C[C@@H]1C(=O)N1CC2(CC2)C[C@@H]1C(=O)NC12CC(F)(C1)C2. The summed E-state index contributed by atoms with van der Waals surface area (Å²) >= 11 is 0. The smallest absolute Gasteiger partial charge is 0.410 e. The summed E-state index contributed by atoms with van der Waals surface area (Å²) in [5.41, 5.74) is -1.11. The molecule has 3 amide bonds. The van der Waals surface area contributed by atoms with Crippen molar-refractivity contribution in [3.8, 4) is 0 Å². The Morgan fingerprint density at radius 2 is 1.69 bits per heavy atom. The fourth-order valence-electron chi connectivity index (χ4n) is 6.95. The Bertz CT molecular complexity index is 1080. The first-order valence-electron chi connectivity index (χ1n) is 13.3. The second-order valence-corrected chi connectivity index (χ2v) is 13.1. The molecule has 6 aliphatic rings. The molecule has 2 bridgehead atoms. The lowest BCUT2D eigenvalue weighted by molar-refractivity contribution is -0.177. The van der Waals surface area contributed by atoms with Gasteiger partial charge in [0.05, 0.1) is 0 Å². The van der Waals surface area contributed by atoms with Crippen LogP contribution in [0, 0.1) is 5.41 Å². The summed E-state index contributed by atoms with van der Waals surface area (Å²) in [7, 11) is 0. The average molecular weight is 498 g/mol. The second-order valence-electron chi connectivity index (χ2n) is 13.1. The largest absolute Gasteiger partial charge is 0.444 e. The number of halogens is 1. The van der Waals surface area contributed by atoms with Crippen LogP contribution in [-0.2, 0) is 14.3 Å². The van der Waals surface area contributed by atoms with Gasteiger partial charge in [0.15, 0.2) is 0 Å². The fourth-order valence-corrected chi connectivity index (χ4v) is 6.95. The molecule has 1 spiro atoms. The summed E-state index contributed by atoms with van der Waals surface area (Å²) in [6.07, 6.45) is 3.79. The Balaban J connectivity index is 1.23. The van der Waals surface area contributed by atoms with Gasteiger partial charge in [-0.05, 0) is 57.4 Å². The minimum Gasteiger partial charge on any atom is -0.444 e. The Morgan fingerprint density at radius 1 is 1.03 bits per heavy atom. The Labute approximate surface area is 211 Å². The lowest BCUT2D eigenvalue weighted by atomic mass is 9.47. The second kappa shape index (κ2) is 7.68. The van der Waals surface area contributed by atoms with Crippen molar-refractivity contribution in [2.45, 2.75) is 101 Å².